The summed E-state index contributed by atoms with van der Waals surface area (Å²) in [4.78, 5) is 3.87. The van der Waals surface area contributed by atoms with Gasteiger partial charge < -0.3 is 10.5 Å². The first-order valence-electron chi connectivity index (χ1n) is 6.85. The van der Waals surface area contributed by atoms with Gasteiger partial charge in [0, 0.05) is 12.8 Å². The fraction of sp³-hybridized carbons (Fsp3) is 0.357. The number of aromatic nitrogens is 3. The molecular formula is C14H12F3N5O. The van der Waals surface area contributed by atoms with Crippen LogP contribution in [0.5, 0.6) is 0 Å². The molecule has 1 saturated heterocycles. The van der Waals surface area contributed by atoms with E-state index in [1.165, 1.54) is 0 Å². The Kier molecular flexibility index (Phi) is 3.69. The van der Waals surface area contributed by atoms with Crippen molar-refractivity contribution in [1.82, 2.24) is 14.8 Å². The number of nitriles is 1. The summed E-state index contributed by atoms with van der Waals surface area (Å²) in [5, 5.41) is 13.4. The Morgan fingerprint density at radius 1 is 1.43 bits per heavy atom. The average molecular weight is 323 g/mol. The number of pyridine rings is 1. The van der Waals surface area contributed by atoms with Gasteiger partial charge in [-0.05, 0) is 25.0 Å². The van der Waals surface area contributed by atoms with Gasteiger partial charge >= 0.3 is 6.18 Å². The first-order valence-corrected chi connectivity index (χ1v) is 6.85. The second-order valence-corrected chi connectivity index (χ2v) is 5.07. The van der Waals surface area contributed by atoms with E-state index in [4.69, 9.17) is 10.5 Å². The number of nitrogens with two attached hydrogens (primary N) is 1. The van der Waals surface area contributed by atoms with Gasteiger partial charge in [-0.2, -0.15) is 28.2 Å². The highest BCUT2D eigenvalue weighted by Crippen LogP contribution is 2.34. The van der Waals surface area contributed by atoms with E-state index < -0.39 is 11.7 Å². The van der Waals surface area contributed by atoms with Gasteiger partial charge in [-0.3, -0.25) is 0 Å². The molecule has 3 rings (SSSR count). The van der Waals surface area contributed by atoms with E-state index in [1.807, 2.05) is 6.07 Å². The van der Waals surface area contributed by atoms with E-state index in [0.29, 0.717) is 18.7 Å². The molecule has 0 aliphatic carbocycles. The quantitative estimate of drug-likeness (QED) is 0.917. The van der Waals surface area contributed by atoms with Gasteiger partial charge in [-0.15, -0.1) is 0 Å². The minimum Gasteiger partial charge on any atom is -0.382 e. The number of anilines is 1. The van der Waals surface area contributed by atoms with Gasteiger partial charge in [0.1, 0.15) is 29.2 Å². The third-order valence-corrected chi connectivity index (χ3v) is 3.58. The van der Waals surface area contributed by atoms with Crippen LogP contribution in [0.3, 0.4) is 0 Å². The highest BCUT2D eigenvalue weighted by Gasteiger charge is 2.32. The molecule has 0 aromatic carbocycles. The molecule has 0 spiro atoms. The Morgan fingerprint density at radius 2 is 2.22 bits per heavy atom. The highest BCUT2D eigenvalue weighted by molar-refractivity contribution is 5.56. The van der Waals surface area contributed by atoms with E-state index in [2.05, 4.69) is 10.1 Å². The minimum atomic E-state index is -4.50. The predicted octanol–water partition coefficient (Wildman–Crippen LogP) is 2.59. The molecule has 0 radical (unpaired) electrons. The summed E-state index contributed by atoms with van der Waals surface area (Å²) in [5.41, 5.74) is 5.45. The molecule has 0 bridgehead atoms. The van der Waals surface area contributed by atoms with Gasteiger partial charge in [0.15, 0.2) is 5.82 Å². The first-order chi connectivity index (χ1) is 10.9. The van der Waals surface area contributed by atoms with E-state index >= 15 is 0 Å². The molecule has 2 N–H and O–H groups in total. The van der Waals surface area contributed by atoms with E-state index in [9.17, 15) is 18.4 Å². The van der Waals surface area contributed by atoms with E-state index in [0.717, 1.165) is 29.4 Å². The molecule has 1 aliphatic heterocycles. The number of hydrogen-bond acceptors (Lipinski definition) is 5. The maximum Gasteiger partial charge on any atom is 0.416 e. The van der Waals surface area contributed by atoms with Crippen LogP contribution in [0.2, 0.25) is 0 Å². The first kappa shape index (κ1) is 15.3. The second kappa shape index (κ2) is 5.55. The molecule has 1 fully saturated rings. The smallest absolute Gasteiger partial charge is 0.382 e. The summed E-state index contributed by atoms with van der Waals surface area (Å²) in [6.45, 7) is 0.546. The topological polar surface area (TPSA) is 89.8 Å². The zero-order valence-corrected chi connectivity index (χ0v) is 11.8. The Labute approximate surface area is 129 Å². The maximum atomic E-state index is 12.8. The molecule has 0 saturated carbocycles. The molecular weight excluding hydrogens is 311 g/mol. The highest BCUT2D eigenvalue weighted by atomic mass is 19.4. The van der Waals surface area contributed by atoms with Crippen molar-refractivity contribution in [1.29, 1.82) is 5.26 Å². The van der Waals surface area contributed by atoms with Crippen molar-refractivity contribution in [2.24, 2.45) is 0 Å². The van der Waals surface area contributed by atoms with Crippen molar-refractivity contribution in [2.75, 3.05) is 12.3 Å². The van der Waals surface area contributed by atoms with Crippen LogP contribution in [-0.4, -0.2) is 21.4 Å². The molecule has 1 unspecified atom stereocenters. The lowest BCUT2D eigenvalue weighted by atomic mass is 10.1. The number of nitrogen functional groups attached to an aromatic ring is 1. The third-order valence-electron chi connectivity index (χ3n) is 3.58. The summed E-state index contributed by atoms with van der Waals surface area (Å²) in [7, 11) is 0. The number of hydrogen-bond donors (Lipinski definition) is 1. The lowest BCUT2D eigenvalue weighted by Gasteiger charge is -2.09. The van der Waals surface area contributed by atoms with Crippen LogP contribution >= 0.6 is 0 Å². The second-order valence-electron chi connectivity index (χ2n) is 5.07. The van der Waals surface area contributed by atoms with Crippen LogP contribution in [0.15, 0.2) is 18.3 Å². The molecule has 3 heterocycles. The normalized spacial score (nSPS) is 18.1. The maximum absolute atomic E-state index is 12.8. The largest absolute Gasteiger partial charge is 0.416 e. The molecule has 120 valence electrons. The number of nitrogens with zero attached hydrogens (tertiary/aromatic N) is 4. The standard InChI is InChI=1S/C14H12F3N5O/c15-14(16,17)8-3-4-20-11(6-8)22-13(19)9(7-18)12(21-22)10-2-1-5-23-10/h3-4,6,10H,1-2,5,19H2. The Hall–Kier alpha value is -2.60. The SMILES string of the molecule is N#Cc1c(C2CCCO2)nn(-c2cc(C(F)(F)F)ccn2)c1N. The van der Waals surface area contributed by atoms with Crippen molar-refractivity contribution in [3.8, 4) is 11.9 Å². The van der Waals surface area contributed by atoms with Crippen molar-refractivity contribution in [3.63, 3.8) is 0 Å². The number of alkyl halides is 3. The lowest BCUT2D eigenvalue weighted by Crippen LogP contribution is -2.09. The van der Waals surface area contributed by atoms with Crippen LogP contribution in [0, 0.1) is 11.3 Å². The number of ether oxygens (including phenoxy) is 1. The summed E-state index contributed by atoms with van der Waals surface area (Å²) >= 11 is 0. The fourth-order valence-corrected chi connectivity index (χ4v) is 2.47. The molecule has 23 heavy (non-hydrogen) atoms. The molecule has 1 atom stereocenters. The average Bonchev–Trinajstić information content (AvgIpc) is 3.14. The molecule has 2 aromatic rings. The molecule has 0 amide bonds. The zero-order valence-electron chi connectivity index (χ0n) is 11.8. The summed E-state index contributed by atoms with van der Waals surface area (Å²) in [5.74, 6) is -0.150. The van der Waals surface area contributed by atoms with Gasteiger partial charge in [-0.25, -0.2) is 4.98 Å². The summed E-state index contributed by atoms with van der Waals surface area (Å²) < 4.78 is 45.0. The van der Waals surface area contributed by atoms with Crippen LogP contribution in [0.4, 0.5) is 19.0 Å². The van der Waals surface area contributed by atoms with Gasteiger partial charge in [-0.1, -0.05) is 0 Å². The zero-order chi connectivity index (χ0) is 16.6. The molecule has 1 aliphatic rings. The third kappa shape index (κ3) is 2.73. The monoisotopic (exact) mass is 323 g/mol. The van der Waals surface area contributed by atoms with Gasteiger partial charge in [0.2, 0.25) is 0 Å². The van der Waals surface area contributed by atoms with E-state index in [1.54, 1.807) is 0 Å². The lowest BCUT2D eigenvalue weighted by molar-refractivity contribution is -0.137. The van der Waals surface area contributed by atoms with Crippen LogP contribution in [0.1, 0.15) is 35.8 Å². The minimum absolute atomic E-state index is 0.0511. The van der Waals surface area contributed by atoms with Crippen molar-refractivity contribution in [3.05, 3.63) is 35.2 Å². The van der Waals surface area contributed by atoms with Gasteiger partial charge in [0.05, 0.1) is 5.56 Å². The predicted molar refractivity (Wildman–Crippen MR) is 73.4 cm³/mol. The summed E-state index contributed by atoms with van der Waals surface area (Å²) in [6, 6.07) is 3.63. The van der Waals surface area contributed by atoms with Crippen molar-refractivity contribution in [2.45, 2.75) is 25.1 Å². The van der Waals surface area contributed by atoms with Crippen LogP contribution in [-0.2, 0) is 10.9 Å². The Morgan fingerprint density at radius 3 is 2.83 bits per heavy atom. The molecule has 9 heteroatoms. The van der Waals surface area contributed by atoms with Crippen molar-refractivity contribution >= 4 is 5.82 Å². The number of rotatable bonds is 2. The fourth-order valence-electron chi connectivity index (χ4n) is 2.47. The molecule has 2 aromatic heterocycles. The van der Waals surface area contributed by atoms with E-state index in [-0.39, 0.29) is 23.3 Å². The van der Waals surface area contributed by atoms with Crippen LogP contribution < -0.4 is 5.73 Å². The van der Waals surface area contributed by atoms with Crippen molar-refractivity contribution < 1.29 is 17.9 Å². The van der Waals surface area contributed by atoms with Crippen LogP contribution in [0.25, 0.3) is 5.82 Å². The Balaban J connectivity index is 2.09. The summed E-state index contributed by atoms with van der Waals surface area (Å²) in [6.07, 6.45) is -2.35. The molecule has 6 nitrogen and oxygen atoms in total. The Bertz CT molecular complexity index is 772. The number of halogens is 3. The van der Waals surface area contributed by atoms with Gasteiger partial charge in [0.25, 0.3) is 0 Å².